The summed E-state index contributed by atoms with van der Waals surface area (Å²) in [6.45, 7) is 0.517. The van der Waals surface area contributed by atoms with Crippen LogP contribution in [0.15, 0.2) is 53.6 Å². The zero-order valence-corrected chi connectivity index (χ0v) is 12.4. The van der Waals surface area contributed by atoms with E-state index in [0.29, 0.717) is 18.0 Å². The number of fused-ring (bicyclic) bond motifs is 1. The van der Waals surface area contributed by atoms with Gasteiger partial charge >= 0.3 is 6.18 Å². The molecule has 0 amide bonds. The fourth-order valence-electron chi connectivity index (χ4n) is 2.60. The Kier molecular flexibility index (Phi) is 4.22. The minimum atomic E-state index is -4.37. The van der Waals surface area contributed by atoms with Crippen LogP contribution >= 0.6 is 0 Å². The lowest BCUT2D eigenvalue weighted by atomic mass is 10.1. The van der Waals surface area contributed by atoms with Gasteiger partial charge in [0, 0.05) is 10.6 Å². The minimum absolute atomic E-state index is 0.141. The van der Waals surface area contributed by atoms with E-state index in [-0.39, 0.29) is 12.6 Å². The fourth-order valence-corrected chi connectivity index (χ4v) is 2.60. The Bertz CT molecular complexity index is 770. The van der Waals surface area contributed by atoms with Crippen LogP contribution in [0, 0.1) is 0 Å². The van der Waals surface area contributed by atoms with Crippen LogP contribution in [-0.2, 0) is 6.18 Å². The first kappa shape index (κ1) is 16.0. The van der Waals surface area contributed by atoms with E-state index in [1.165, 1.54) is 12.1 Å². The van der Waals surface area contributed by atoms with Gasteiger partial charge in [-0.2, -0.15) is 13.2 Å². The van der Waals surface area contributed by atoms with Crippen molar-refractivity contribution in [3.63, 3.8) is 0 Å². The van der Waals surface area contributed by atoms with Crippen LogP contribution in [-0.4, -0.2) is 19.2 Å². The van der Waals surface area contributed by atoms with Crippen LogP contribution in [0.5, 0.6) is 5.75 Å². The monoisotopic (exact) mass is 334 g/mol. The number of anilines is 2. The van der Waals surface area contributed by atoms with Gasteiger partial charge in [-0.05, 0) is 41.9 Å². The van der Waals surface area contributed by atoms with E-state index in [1.807, 2.05) is 17.0 Å². The van der Waals surface area contributed by atoms with E-state index in [9.17, 15) is 13.2 Å². The molecule has 2 aromatic carbocycles. The molecule has 1 aliphatic rings. The average molecular weight is 334 g/mol. The molecule has 0 fully saturated rings. The molecule has 0 aromatic heterocycles. The number of rotatable bonds is 3. The topological polar surface area (TPSA) is 61.2 Å². The number of halogens is 3. The molecule has 124 valence electrons. The highest BCUT2D eigenvalue weighted by molar-refractivity contribution is 5.70. The lowest BCUT2D eigenvalue weighted by molar-refractivity contribution is -0.137. The van der Waals surface area contributed by atoms with Crippen molar-refractivity contribution >= 4 is 11.4 Å². The van der Waals surface area contributed by atoms with Crippen molar-refractivity contribution in [1.82, 2.24) is 0 Å². The number of benzene rings is 2. The molecular formula is C16H13F3N4O. The molecule has 3 rings (SSSR count). The van der Waals surface area contributed by atoms with Gasteiger partial charge in [-0.1, -0.05) is 17.2 Å². The van der Waals surface area contributed by atoms with Crippen molar-refractivity contribution in [3.8, 4) is 5.75 Å². The molecule has 0 N–H and O–H groups in total. The molecule has 0 saturated heterocycles. The van der Waals surface area contributed by atoms with Gasteiger partial charge in [0.15, 0.2) is 0 Å². The Labute approximate surface area is 135 Å². The maximum atomic E-state index is 12.7. The lowest BCUT2D eigenvalue weighted by Gasteiger charge is -2.36. The molecule has 24 heavy (non-hydrogen) atoms. The van der Waals surface area contributed by atoms with Gasteiger partial charge in [0.25, 0.3) is 0 Å². The Hall–Kier alpha value is -2.86. The molecular weight excluding hydrogens is 321 g/mol. The third-order valence-corrected chi connectivity index (χ3v) is 3.69. The fraction of sp³-hybridized carbons (Fsp3) is 0.250. The summed E-state index contributed by atoms with van der Waals surface area (Å²) in [5, 5.41) is 3.52. The summed E-state index contributed by atoms with van der Waals surface area (Å²) in [6.07, 6.45) is -4.75. The summed E-state index contributed by atoms with van der Waals surface area (Å²) in [5.74, 6) is 0.599. The normalized spacial score (nSPS) is 16.8. The molecule has 0 radical (unpaired) electrons. The van der Waals surface area contributed by atoms with Crippen LogP contribution < -0.4 is 9.64 Å². The highest BCUT2D eigenvalue weighted by Crippen LogP contribution is 2.39. The van der Waals surface area contributed by atoms with Gasteiger partial charge in [-0.25, -0.2) is 0 Å². The first-order chi connectivity index (χ1) is 11.5. The Morgan fingerprint density at radius 1 is 1.17 bits per heavy atom. The highest BCUT2D eigenvalue weighted by Gasteiger charge is 2.31. The lowest BCUT2D eigenvalue weighted by Crippen LogP contribution is -2.39. The summed E-state index contributed by atoms with van der Waals surface area (Å²) >= 11 is 0. The van der Waals surface area contributed by atoms with Gasteiger partial charge in [0.1, 0.15) is 11.9 Å². The summed E-state index contributed by atoms with van der Waals surface area (Å²) in [7, 11) is 0. The number of hydrogen-bond donors (Lipinski definition) is 0. The SMILES string of the molecule is [N-]=[N+]=NCC1CN(c2ccc(C(F)(F)F)cc2)c2ccccc2O1. The van der Waals surface area contributed by atoms with Gasteiger partial charge in [-0.15, -0.1) is 0 Å². The van der Waals surface area contributed by atoms with Gasteiger partial charge in [0.2, 0.25) is 0 Å². The standard InChI is InChI=1S/C16H13F3N4O/c17-16(18,19)11-5-7-12(8-6-11)23-10-13(9-21-22-20)24-15-4-2-1-3-14(15)23/h1-8,13H,9-10H2. The van der Waals surface area contributed by atoms with E-state index in [0.717, 1.165) is 17.8 Å². The second kappa shape index (κ2) is 6.33. The van der Waals surface area contributed by atoms with Crippen LogP contribution in [0.4, 0.5) is 24.5 Å². The largest absolute Gasteiger partial charge is 0.486 e. The van der Waals surface area contributed by atoms with Crippen LogP contribution in [0.25, 0.3) is 10.4 Å². The number of alkyl halides is 3. The van der Waals surface area contributed by atoms with E-state index < -0.39 is 11.7 Å². The second-order valence-electron chi connectivity index (χ2n) is 5.28. The molecule has 0 spiro atoms. The van der Waals surface area contributed by atoms with Crippen LogP contribution in [0.3, 0.4) is 0 Å². The summed E-state index contributed by atoms with van der Waals surface area (Å²) < 4.78 is 43.9. The van der Waals surface area contributed by atoms with E-state index in [4.69, 9.17) is 10.3 Å². The quantitative estimate of drug-likeness (QED) is 0.454. The predicted molar refractivity (Wildman–Crippen MR) is 83.3 cm³/mol. The first-order valence-electron chi connectivity index (χ1n) is 7.20. The highest BCUT2D eigenvalue weighted by atomic mass is 19.4. The van der Waals surface area contributed by atoms with Gasteiger partial charge < -0.3 is 9.64 Å². The number of hydrogen-bond acceptors (Lipinski definition) is 3. The van der Waals surface area contributed by atoms with Crippen molar-refractivity contribution in [2.24, 2.45) is 5.11 Å². The zero-order valence-electron chi connectivity index (χ0n) is 12.4. The van der Waals surface area contributed by atoms with Gasteiger partial charge in [0.05, 0.1) is 24.3 Å². The van der Waals surface area contributed by atoms with Crippen molar-refractivity contribution in [3.05, 3.63) is 64.5 Å². The molecule has 2 aromatic rings. The average Bonchev–Trinajstić information content (AvgIpc) is 2.58. The molecule has 0 bridgehead atoms. The third kappa shape index (κ3) is 3.23. The van der Waals surface area contributed by atoms with Crippen molar-refractivity contribution in [2.75, 3.05) is 18.0 Å². The van der Waals surface area contributed by atoms with E-state index >= 15 is 0 Å². The third-order valence-electron chi connectivity index (χ3n) is 3.69. The van der Waals surface area contributed by atoms with Crippen LogP contribution in [0.2, 0.25) is 0 Å². The van der Waals surface area contributed by atoms with E-state index in [1.54, 1.807) is 12.1 Å². The number of nitrogens with zero attached hydrogens (tertiary/aromatic N) is 4. The maximum absolute atomic E-state index is 12.7. The maximum Gasteiger partial charge on any atom is 0.416 e. The molecule has 1 heterocycles. The Balaban J connectivity index is 1.94. The number of para-hydroxylation sites is 2. The van der Waals surface area contributed by atoms with Crippen molar-refractivity contribution in [2.45, 2.75) is 12.3 Å². The zero-order chi connectivity index (χ0) is 17.2. The van der Waals surface area contributed by atoms with Gasteiger partial charge in [-0.3, -0.25) is 0 Å². The number of ether oxygens (including phenoxy) is 1. The summed E-state index contributed by atoms with van der Waals surface area (Å²) in [4.78, 5) is 4.58. The summed E-state index contributed by atoms with van der Waals surface area (Å²) in [5.41, 5.74) is 9.14. The molecule has 5 nitrogen and oxygen atoms in total. The molecule has 8 heteroatoms. The number of azide groups is 1. The first-order valence-corrected chi connectivity index (χ1v) is 7.20. The Morgan fingerprint density at radius 2 is 1.88 bits per heavy atom. The molecule has 1 unspecified atom stereocenters. The van der Waals surface area contributed by atoms with Crippen molar-refractivity contribution < 1.29 is 17.9 Å². The van der Waals surface area contributed by atoms with Crippen LogP contribution in [0.1, 0.15) is 5.56 Å². The second-order valence-corrected chi connectivity index (χ2v) is 5.28. The molecule has 1 aliphatic heterocycles. The van der Waals surface area contributed by atoms with Crippen molar-refractivity contribution in [1.29, 1.82) is 0 Å². The minimum Gasteiger partial charge on any atom is -0.486 e. The molecule has 1 atom stereocenters. The van der Waals surface area contributed by atoms with E-state index in [2.05, 4.69) is 10.0 Å². The molecule has 0 saturated carbocycles. The predicted octanol–water partition coefficient (Wildman–Crippen LogP) is 4.91. The molecule has 0 aliphatic carbocycles. The smallest absolute Gasteiger partial charge is 0.416 e. The summed E-state index contributed by atoms with van der Waals surface area (Å²) in [6, 6.07) is 12.2. The Morgan fingerprint density at radius 3 is 2.54 bits per heavy atom.